The minimum absolute atomic E-state index is 0.0927. The number of carbonyl (C=O) groups excluding carboxylic acids is 6. The second kappa shape index (κ2) is 26.3. The monoisotopic (exact) mass is 592 g/mol. The third-order valence-electron chi connectivity index (χ3n) is 4.94. The zero-order valence-corrected chi connectivity index (χ0v) is 26.0. The maximum atomic E-state index is 12.6. The van der Waals surface area contributed by atoms with Crippen LogP contribution >= 0.6 is 23.5 Å². The predicted molar refractivity (Wildman–Crippen MR) is 158 cm³/mol. The van der Waals surface area contributed by atoms with Gasteiger partial charge in [0, 0.05) is 38.5 Å². The van der Waals surface area contributed by atoms with Crippen molar-refractivity contribution < 1.29 is 33.5 Å². The van der Waals surface area contributed by atoms with Gasteiger partial charge in [-0.3, -0.25) is 24.0 Å². The first-order valence-corrected chi connectivity index (χ1v) is 15.3. The number of aldehydes is 1. The Kier molecular flexibility index (Phi) is 26.4. The number of hydrogen-bond acceptors (Lipinski definition) is 10. The van der Waals surface area contributed by atoms with Gasteiger partial charge < -0.3 is 30.4 Å². The molecule has 13 heteroatoms. The quantitative estimate of drug-likeness (QED) is 0.141. The molecule has 0 saturated carbocycles. The first-order chi connectivity index (χ1) is 18.5. The van der Waals surface area contributed by atoms with Crippen LogP contribution in [0.2, 0.25) is 0 Å². The molecule has 0 aromatic carbocycles. The zero-order chi connectivity index (χ0) is 30.1. The SMILES string of the molecule is CCCN(CC(=O)NC(C=O)CCCCCSC(C)=O)C(=O)C(C)NC(=O)CNC.CCOCCSC(C)=O. The molecule has 0 aromatic rings. The van der Waals surface area contributed by atoms with Crippen LogP contribution in [0, 0.1) is 0 Å². The summed E-state index contributed by atoms with van der Waals surface area (Å²) in [5.41, 5.74) is 0. The molecule has 0 rings (SSSR count). The number of nitrogens with zero attached hydrogens (tertiary/aromatic N) is 1. The van der Waals surface area contributed by atoms with Crippen LogP contribution in [0.15, 0.2) is 0 Å². The van der Waals surface area contributed by atoms with E-state index < -0.39 is 18.0 Å². The van der Waals surface area contributed by atoms with Crippen molar-refractivity contribution in [1.29, 1.82) is 0 Å². The molecule has 0 saturated heterocycles. The number of likely N-dealkylation sites (N-methyl/N-ethyl adjacent to an activating group) is 1. The van der Waals surface area contributed by atoms with Gasteiger partial charge >= 0.3 is 0 Å². The van der Waals surface area contributed by atoms with Crippen LogP contribution in [0.3, 0.4) is 0 Å². The molecule has 39 heavy (non-hydrogen) atoms. The van der Waals surface area contributed by atoms with Gasteiger partial charge in [0.15, 0.2) is 10.2 Å². The van der Waals surface area contributed by atoms with Crippen molar-refractivity contribution in [2.75, 3.05) is 51.4 Å². The molecule has 0 aliphatic heterocycles. The van der Waals surface area contributed by atoms with Crippen LogP contribution in [-0.4, -0.2) is 103 Å². The summed E-state index contributed by atoms with van der Waals surface area (Å²) in [5, 5.41) is 8.22. The number of amides is 3. The summed E-state index contributed by atoms with van der Waals surface area (Å²) >= 11 is 2.59. The first-order valence-electron chi connectivity index (χ1n) is 13.3. The van der Waals surface area contributed by atoms with Gasteiger partial charge in [0.1, 0.15) is 12.3 Å². The lowest BCUT2D eigenvalue weighted by atomic mass is 10.1. The van der Waals surface area contributed by atoms with Crippen LogP contribution in [0.1, 0.15) is 66.7 Å². The van der Waals surface area contributed by atoms with Crippen LogP contribution in [0.5, 0.6) is 0 Å². The lowest BCUT2D eigenvalue weighted by Crippen LogP contribution is -2.52. The van der Waals surface area contributed by atoms with Crippen LogP contribution in [0.4, 0.5) is 0 Å². The van der Waals surface area contributed by atoms with E-state index in [9.17, 15) is 28.8 Å². The van der Waals surface area contributed by atoms with Gasteiger partial charge in [0.25, 0.3) is 0 Å². The molecule has 11 nitrogen and oxygen atoms in total. The van der Waals surface area contributed by atoms with E-state index >= 15 is 0 Å². The molecule has 0 heterocycles. The minimum atomic E-state index is -0.750. The highest BCUT2D eigenvalue weighted by molar-refractivity contribution is 8.13. The standard InChI is InChI=1S/C20H36N4O5S.C6H12O2S/c1-5-10-24(20(29)15(2)22-18(27)12-21-4)13-19(28)23-17(14-25)9-7-6-8-11-30-16(3)26;1-3-8-4-5-9-6(2)7/h14-15,17,21H,5-13H2,1-4H3,(H,22,27)(H,23,28);3-5H2,1-2H3. The maximum Gasteiger partial charge on any atom is 0.245 e. The van der Waals surface area contributed by atoms with Gasteiger partial charge in [0.05, 0.1) is 25.7 Å². The fourth-order valence-electron chi connectivity index (χ4n) is 3.17. The summed E-state index contributed by atoms with van der Waals surface area (Å²) in [6, 6.07) is -1.36. The van der Waals surface area contributed by atoms with Crippen molar-refractivity contribution in [3.05, 3.63) is 0 Å². The van der Waals surface area contributed by atoms with E-state index in [2.05, 4.69) is 16.0 Å². The number of thioether (sulfide) groups is 2. The average molecular weight is 593 g/mol. The lowest BCUT2D eigenvalue weighted by molar-refractivity contribution is -0.139. The van der Waals surface area contributed by atoms with Crippen molar-refractivity contribution >= 4 is 57.8 Å². The van der Waals surface area contributed by atoms with Gasteiger partial charge in [-0.1, -0.05) is 43.3 Å². The lowest BCUT2D eigenvalue weighted by Gasteiger charge is -2.26. The second-order valence-corrected chi connectivity index (χ2v) is 11.2. The molecule has 0 spiro atoms. The van der Waals surface area contributed by atoms with Crippen molar-refractivity contribution in [3.8, 4) is 0 Å². The third kappa shape index (κ3) is 24.8. The highest BCUT2D eigenvalue weighted by Crippen LogP contribution is 2.09. The highest BCUT2D eigenvalue weighted by Gasteiger charge is 2.24. The molecule has 0 aromatic heterocycles. The Morgan fingerprint density at radius 1 is 0.923 bits per heavy atom. The predicted octanol–water partition coefficient (Wildman–Crippen LogP) is 1.78. The fraction of sp³-hybridized carbons (Fsp3) is 0.769. The minimum Gasteiger partial charge on any atom is -0.381 e. The number of unbranched alkanes of at least 4 members (excludes halogenated alkanes) is 2. The largest absolute Gasteiger partial charge is 0.381 e. The Morgan fingerprint density at radius 2 is 1.56 bits per heavy atom. The highest BCUT2D eigenvalue weighted by atomic mass is 32.2. The molecular weight excluding hydrogens is 544 g/mol. The van der Waals surface area contributed by atoms with Crippen LogP contribution in [-0.2, 0) is 33.5 Å². The third-order valence-corrected chi connectivity index (χ3v) is 6.61. The van der Waals surface area contributed by atoms with E-state index in [0.717, 1.165) is 37.4 Å². The van der Waals surface area contributed by atoms with Crippen LogP contribution in [0.25, 0.3) is 0 Å². The number of carbonyl (C=O) groups is 6. The zero-order valence-electron chi connectivity index (χ0n) is 24.3. The summed E-state index contributed by atoms with van der Waals surface area (Å²) < 4.78 is 5.01. The Bertz CT molecular complexity index is 741. The number of ether oxygens (including phenoxy) is 1. The van der Waals surface area contributed by atoms with E-state index in [1.165, 1.54) is 35.3 Å². The van der Waals surface area contributed by atoms with Crippen molar-refractivity contribution in [3.63, 3.8) is 0 Å². The summed E-state index contributed by atoms with van der Waals surface area (Å²) in [6.07, 6.45) is 4.37. The smallest absolute Gasteiger partial charge is 0.245 e. The molecular formula is C26H48N4O7S2. The van der Waals surface area contributed by atoms with Gasteiger partial charge in [-0.15, -0.1) is 0 Å². The molecule has 0 fully saturated rings. The molecule has 0 aliphatic carbocycles. The van der Waals surface area contributed by atoms with Crippen LogP contribution < -0.4 is 16.0 Å². The topological polar surface area (TPSA) is 151 Å². The van der Waals surface area contributed by atoms with Crippen molar-refractivity contribution in [1.82, 2.24) is 20.9 Å². The molecule has 2 atom stereocenters. The first kappa shape index (κ1) is 39.2. The Labute approximate surface area is 242 Å². The Balaban J connectivity index is 0. The van der Waals surface area contributed by atoms with Crippen molar-refractivity contribution in [2.45, 2.75) is 78.8 Å². The second-order valence-electron chi connectivity index (χ2n) is 8.62. The fourth-order valence-corrected chi connectivity index (χ4v) is 4.30. The van der Waals surface area contributed by atoms with E-state index in [1.54, 1.807) is 20.9 Å². The van der Waals surface area contributed by atoms with E-state index in [1.807, 2.05) is 13.8 Å². The molecule has 3 N–H and O–H groups in total. The molecule has 226 valence electrons. The molecule has 2 unspecified atom stereocenters. The Hall–Kier alpha value is -1.96. The summed E-state index contributed by atoms with van der Waals surface area (Å²) in [5.74, 6) is 0.479. The van der Waals surface area contributed by atoms with E-state index in [-0.39, 0.29) is 35.1 Å². The van der Waals surface area contributed by atoms with E-state index in [4.69, 9.17) is 4.74 Å². The Morgan fingerprint density at radius 3 is 2.10 bits per heavy atom. The summed E-state index contributed by atoms with van der Waals surface area (Å²) in [4.78, 5) is 70.5. The van der Waals surface area contributed by atoms with Gasteiger partial charge in [-0.25, -0.2) is 0 Å². The van der Waals surface area contributed by atoms with E-state index in [0.29, 0.717) is 32.3 Å². The number of hydrogen-bond donors (Lipinski definition) is 3. The summed E-state index contributed by atoms with van der Waals surface area (Å²) in [7, 11) is 1.63. The molecule has 0 aliphatic rings. The maximum absolute atomic E-state index is 12.6. The molecule has 0 bridgehead atoms. The number of nitrogens with one attached hydrogen (secondary N) is 3. The van der Waals surface area contributed by atoms with Gasteiger partial charge in [0.2, 0.25) is 17.7 Å². The van der Waals surface area contributed by atoms with Gasteiger partial charge in [-0.05, 0) is 40.2 Å². The average Bonchev–Trinajstić information content (AvgIpc) is 2.87. The molecule has 0 radical (unpaired) electrons. The summed E-state index contributed by atoms with van der Waals surface area (Å²) in [6.45, 7) is 10.2. The molecule has 3 amide bonds. The number of rotatable bonds is 20. The van der Waals surface area contributed by atoms with Crippen molar-refractivity contribution in [2.24, 2.45) is 0 Å². The van der Waals surface area contributed by atoms with Gasteiger partial charge in [-0.2, -0.15) is 0 Å². The normalized spacial score (nSPS) is 11.8.